The zero-order valence-electron chi connectivity index (χ0n) is 7.08. The van der Waals surface area contributed by atoms with Gasteiger partial charge in [-0.3, -0.25) is 0 Å². The Morgan fingerprint density at radius 2 is 2.15 bits per heavy atom. The quantitative estimate of drug-likeness (QED) is 0.653. The summed E-state index contributed by atoms with van der Waals surface area (Å²) < 4.78 is 0. The van der Waals surface area contributed by atoms with Crippen LogP contribution in [0.25, 0.3) is 10.9 Å². The molecule has 2 nitrogen and oxygen atoms in total. The molecule has 1 aromatic heterocycles. The van der Waals surface area contributed by atoms with Crippen LogP contribution in [0, 0.1) is 6.92 Å². The molecule has 0 fully saturated rings. The van der Waals surface area contributed by atoms with Gasteiger partial charge in [0.25, 0.3) is 0 Å². The molecule has 0 bridgehead atoms. The number of phenols is 1. The molecule has 0 aliphatic rings. The Morgan fingerprint density at radius 3 is 2.92 bits per heavy atom. The fraction of sp³-hybridized carbons (Fsp3) is 0.100. The SMILES string of the molecule is Cc1cc(Cl)nc2cccc(O)c12. The monoisotopic (exact) mass is 193 g/mol. The van der Waals surface area contributed by atoms with Crippen LogP contribution in [0.15, 0.2) is 24.3 Å². The molecule has 0 amide bonds. The molecule has 0 aliphatic carbocycles. The van der Waals surface area contributed by atoms with Crippen molar-refractivity contribution in [3.8, 4) is 5.75 Å². The van der Waals surface area contributed by atoms with E-state index in [1.165, 1.54) is 0 Å². The van der Waals surface area contributed by atoms with E-state index in [1.807, 2.05) is 13.0 Å². The lowest BCUT2D eigenvalue weighted by Crippen LogP contribution is -1.84. The van der Waals surface area contributed by atoms with E-state index in [-0.39, 0.29) is 5.75 Å². The molecule has 0 atom stereocenters. The smallest absolute Gasteiger partial charge is 0.130 e. The molecule has 0 saturated heterocycles. The van der Waals surface area contributed by atoms with Crippen molar-refractivity contribution >= 4 is 22.5 Å². The van der Waals surface area contributed by atoms with Crippen LogP contribution in [0.5, 0.6) is 5.75 Å². The van der Waals surface area contributed by atoms with E-state index in [0.29, 0.717) is 5.15 Å². The van der Waals surface area contributed by atoms with E-state index in [4.69, 9.17) is 11.6 Å². The topological polar surface area (TPSA) is 33.1 Å². The highest BCUT2D eigenvalue weighted by molar-refractivity contribution is 6.30. The molecule has 3 heteroatoms. The summed E-state index contributed by atoms with van der Waals surface area (Å²) in [5, 5.41) is 10.8. The molecule has 1 heterocycles. The molecule has 1 N–H and O–H groups in total. The van der Waals surface area contributed by atoms with Crippen molar-refractivity contribution in [1.82, 2.24) is 4.98 Å². The fourth-order valence-corrected chi connectivity index (χ4v) is 1.68. The standard InChI is InChI=1S/C10H8ClNO/c1-6-5-9(11)12-7-3-2-4-8(13)10(6)7/h2-5,13H,1H3. The van der Waals surface area contributed by atoms with Crippen LogP contribution in [0.1, 0.15) is 5.56 Å². The van der Waals surface area contributed by atoms with Gasteiger partial charge in [0.05, 0.1) is 5.52 Å². The van der Waals surface area contributed by atoms with Gasteiger partial charge in [0.15, 0.2) is 0 Å². The van der Waals surface area contributed by atoms with Crippen molar-refractivity contribution < 1.29 is 5.11 Å². The lowest BCUT2D eigenvalue weighted by atomic mass is 10.1. The van der Waals surface area contributed by atoms with Crippen LogP contribution in [0.4, 0.5) is 0 Å². The molecule has 13 heavy (non-hydrogen) atoms. The first-order chi connectivity index (χ1) is 6.18. The number of hydrogen-bond donors (Lipinski definition) is 1. The third-order valence-electron chi connectivity index (χ3n) is 1.98. The summed E-state index contributed by atoms with van der Waals surface area (Å²) in [6, 6.07) is 6.96. The van der Waals surface area contributed by atoms with Crippen LogP contribution in [0.2, 0.25) is 5.15 Å². The highest BCUT2D eigenvalue weighted by Crippen LogP contribution is 2.27. The van der Waals surface area contributed by atoms with Gasteiger partial charge in [-0.1, -0.05) is 17.7 Å². The summed E-state index contributed by atoms with van der Waals surface area (Å²) in [5.41, 5.74) is 1.66. The number of nitrogens with zero attached hydrogens (tertiary/aromatic N) is 1. The molecule has 2 aromatic rings. The van der Waals surface area contributed by atoms with Gasteiger partial charge in [0, 0.05) is 5.39 Å². The van der Waals surface area contributed by atoms with E-state index in [9.17, 15) is 5.11 Å². The highest BCUT2D eigenvalue weighted by atomic mass is 35.5. The Labute approximate surface area is 80.8 Å². The molecule has 2 rings (SSSR count). The van der Waals surface area contributed by atoms with Gasteiger partial charge in [0.1, 0.15) is 10.9 Å². The van der Waals surface area contributed by atoms with Gasteiger partial charge >= 0.3 is 0 Å². The lowest BCUT2D eigenvalue weighted by Gasteiger charge is -2.03. The van der Waals surface area contributed by atoms with E-state index in [0.717, 1.165) is 16.5 Å². The maximum absolute atomic E-state index is 9.56. The van der Waals surface area contributed by atoms with E-state index < -0.39 is 0 Å². The van der Waals surface area contributed by atoms with Crippen molar-refractivity contribution in [2.24, 2.45) is 0 Å². The van der Waals surface area contributed by atoms with E-state index in [2.05, 4.69) is 4.98 Å². The Morgan fingerprint density at radius 1 is 1.38 bits per heavy atom. The summed E-state index contributed by atoms with van der Waals surface area (Å²) >= 11 is 5.78. The van der Waals surface area contributed by atoms with Gasteiger partial charge in [-0.2, -0.15) is 0 Å². The maximum atomic E-state index is 9.56. The largest absolute Gasteiger partial charge is 0.507 e. The average molecular weight is 194 g/mol. The summed E-state index contributed by atoms with van der Waals surface area (Å²) in [5.74, 6) is 0.249. The first kappa shape index (κ1) is 8.32. The molecule has 1 aromatic carbocycles. The van der Waals surface area contributed by atoms with Crippen LogP contribution in [-0.2, 0) is 0 Å². The molecule has 0 saturated carbocycles. The van der Waals surface area contributed by atoms with Crippen LogP contribution in [-0.4, -0.2) is 10.1 Å². The lowest BCUT2D eigenvalue weighted by molar-refractivity contribution is 0.481. The summed E-state index contributed by atoms with van der Waals surface area (Å²) in [7, 11) is 0. The zero-order valence-corrected chi connectivity index (χ0v) is 7.84. The van der Waals surface area contributed by atoms with Gasteiger partial charge in [0.2, 0.25) is 0 Å². The minimum atomic E-state index is 0.249. The number of benzene rings is 1. The van der Waals surface area contributed by atoms with Crippen molar-refractivity contribution in [3.63, 3.8) is 0 Å². The number of rotatable bonds is 0. The van der Waals surface area contributed by atoms with Gasteiger partial charge in [-0.05, 0) is 30.7 Å². The van der Waals surface area contributed by atoms with Crippen molar-refractivity contribution in [3.05, 3.63) is 35.0 Å². The number of pyridine rings is 1. The molecule has 0 radical (unpaired) electrons. The first-order valence-electron chi connectivity index (χ1n) is 3.93. The Bertz CT molecular complexity index is 468. The number of hydrogen-bond acceptors (Lipinski definition) is 2. The van der Waals surface area contributed by atoms with Crippen LogP contribution < -0.4 is 0 Å². The number of aromatic nitrogens is 1. The Hall–Kier alpha value is -1.28. The van der Waals surface area contributed by atoms with Crippen molar-refractivity contribution in [2.75, 3.05) is 0 Å². The summed E-state index contributed by atoms with van der Waals surface area (Å²) in [6.45, 7) is 1.90. The molecule has 0 unspecified atom stereocenters. The predicted octanol–water partition coefficient (Wildman–Crippen LogP) is 2.90. The highest BCUT2D eigenvalue weighted by Gasteiger charge is 2.04. The Kier molecular flexibility index (Phi) is 1.85. The Balaban J connectivity index is 2.94. The van der Waals surface area contributed by atoms with Crippen LogP contribution >= 0.6 is 11.6 Å². The minimum Gasteiger partial charge on any atom is -0.507 e. The minimum absolute atomic E-state index is 0.249. The zero-order chi connectivity index (χ0) is 9.42. The average Bonchev–Trinajstić information content (AvgIpc) is 2.02. The van der Waals surface area contributed by atoms with E-state index in [1.54, 1.807) is 18.2 Å². The molecule has 66 valence electrons. The first-order valence-corrected chi connectivity index (χ1v) is 4.31. The summed E-state index contributed by atoms with van der Waals surface area (Å²) in [6.07, 6.45) is 0. The predicted molar refractivity (Wildman–Crippen MR) is 53.2 cm³/mol. The van der Waals surface area contributed by atoms with Gasteiger partial charge in [-0.15, -0.1) is 0 Å². The molecule has 0 spiro atoms. The maximum Gasteiger partial charge on any atom is 0.130 e. The summed E-state index contributed by atoms with van der Waals surface area (Å²) in [4.78, 5) is 4.10. The van der Waals surface area contributed by atoms with Gasteiger partial charge < -0.3 is 5.11 Å². The second-order valence-corrected chi connectivity index (χ2v) is 3.32. The van der Waals surface area contributed by atoms with Gasteiger partial charge in [-0.25, -0.2) is 4.98 Å². The fourth-order valence-electron chi connectivity index (χ4n) is 1.42. The van der Waals surface area contributed by atoms with Crippen molar-refractivity contribution in [2.45, 2.75) is 6.92 Å². The third-order valence-corrected chi connectivity index (χ3v) is 2.17. The number of phenolic OH excluding ortho intramolecular Hbond substituents is 1. The van der Waals surface area contributed by atoms with Crippen molar-refractivity contribution in [1.29, 1.82) is 0 Å². The third kappa shape index (κ3) is 1.33. The molecular formula is C10H8ClNO. The van der Waals surface area contributed by atoms with E-state index >= 15 is 0 Å². The second-order valence-electron chi connectivity index (χ2n) is 2.93. The number of halogens is 1. The number of aromatic hydroxyl groups is 1. The normalized spacial score (nSPS) is 10.6. The molecule has 0 aliphatic heterocycles. The number of aryl methyl sites for hydroxylation is 1. The second kappa shape index (κ2) is 2.89. The van der Waals surface area contributed by atoms with Crippen LogP contribution in [0.3, 0.4) is 0 Å². The molecular weight excluding hydrogens is 186 g/mol. The number of fused-ring (bicyclic) bond motifs is 1.